The standard InChI is InChI=1S/C14H19ClO/c1-11-7-8-16-14(11)9-13(10-15)12-5-3-2-4-6-12/h7-9,12H,2-6,10H2,1H3/b13-9-. The third-order valence-corrected chi connectivity index (χ3v) is 3.81. The van der Waals surface area contributed by atoms with Crippen LogP contribution in [0.15, 0.2) is 22.3 Å². The Morgan fingerprint density at radius 1 is 1.44 bits per heavy atom. The van der Waals surface area contributed by atoms with E-state index in [9.17, 15) is 0 Å². The van der Waals surface area contributed by atoms with E-state index in [1.54, 1.807) is 6.26 Å². The largest absolute Gasteiger partial charge is 0.465 e. The van der Waals surface area contributed by atoms with Crippen molar-refractivity contribution in [2.75, 3.05) is 5.88 Å². The van der Waals surface area contributed by atoms with E-state index in [1.807, 2.05) is 6.07 Å². The number of halogens is 1. The zero-order valence-corrected chi connectivity index (χ0v) is 10.6. The third-order valence-electron chi connectivity index (χ3n) is 3.50. The van der Waals surface area contributed by atoms with Gasteiger partial charge in [-0.05, 0) is 49.0 Å². The van der Waals surface area contributed by atoms with Crippen molar-refractivity contribution in [1.82, 2.24) is 0 Å². The predicted molar refractivity (Wildman–Crippen MR) is 68.7 cm³/mol. The molecule has 0 saturated heterocycles. The molecule has 1 aliphatic carbocycles. The Kier molecular flexibility index (Phi) is 4.11. The summed E-state index contributed by atoms with van der Waals surface area (Å²) < 4.78 is 5.45. The van der Waals surface area contributed by atoms with Crippen LogP contribution in [0.3, 0.4) is 0 Å². The molecule has 0 aromatic carbocycles. The smallest absolute Gasteiger partial charge is 0.129 e. The normalized spacial score (nSPS) is 19.0. The molecule has 16 heavy (non-hydrogen) atoms. The highest BCUT2D eigenvalue weighted by atomic mass is 35.5. The maximum absolute atomic E-state index is 6.06. The Labute approximate surface area is 102 Å². The molecule has 0 atom stereocenters. The monoisotopic (exact) mass is 238 g/mol. The van der Waals surface area contributed by atoms with E-state index in [4.69, 9.17) is 16.0 Å². The van der Waals surface area contributed by atoms with Crippen molar-refractivity contribution >= 4 is 17.7 Å². The first-order valence-corrected chi connectivity index (χ1v) is 6.65. The Bertz CT molecular complexity index is 359. The van der Waals surface area contributed by atoms with Gasteiger partial charge in [-0.2, -0.15) is 0 Å². The highest BCUT2D eigenvalue weighted by molar-refractivity contribution is 6.19. The van der Waals surface area contributed by atoms with Gasteiger partial charge in [-0.1, -0.05) is 19.3 Å². The molecular formula is C14H19ClO. The van der Waals surface area contributed by atoms with E-state index in [0.717, 1.165) is 5.76 Å². The van der Waals surface area contributed by atoms with Gasteiger partial charge in [-0.25, -0.2) is 0 Å². The van der Waals surface area contributed by atoms with Gasteiger partial charge < -0.3 is 4.42 Å². The minimum absolute atomic E-state index is 0.630. The molecule has 0 amide bonds. The fraction of sp³-hybridized carbons (Fsp3) is 0.571. The number of rotatable bonds is 3. The summed E-state index contributed by atoms with van der Waals surface area (Å²) >= 11 is 6.06. The topological polar surface area (TPSA) is 13.1 Å². The zero-order chi connectivity index (χ0) is 11.4. The lowest BCUT2D eigenvalue weighted by molar-refractivity contribution is 0.404. The second-order valence-electron chi connectivity index (χ2n) is 4.66. The van der Waals surface area contributed by atoms with Crippen molar-refractivity contribution in [3.63, 3.8) is 0 Å². The highest BCUT2D eigenvalue weighted by Gasteiger charge is 2.17. The van der Waals surface area contributed by atoms with Gasteiger partial charge in [-0.3, -0.25) is 0 Å². The summed E-state index contributed by atoms with van der Waals surface area (Å²) in [5.41, 5.74) is 2.54. The molecule has 1 aromatic heterocycles. The van der Waals surface area contributed by atoms with Gasteiger partial charge in [0, 0.05) is 5.88 Å². The average molecular weight is 239 g/mol. The highest BCUT2D eigenvalue weighted by Crippen LogP contribution is 2.31. The summed E-state index contributed by atoms with van der Waals surface area (Å²) in [7, 11) is 0. The van der Waals surface area contributed by atoms with Crippen molar-refractivity contribution in [3.8, 4) is 0 Å². The van der Waals surface area contributed by atoms with Gasteiger partial charge in [0.2, 0.25) is 0 Å². The van der Waals surface area contributed by atoms with Crippen LogP contribution >= 0.6 is 11.6 Å². The number of aryl methyl sites for hydroxylation is 1. The van der Waals surface area contributed by atoms with E-state index in [2.05, 4.69) is 13.0 Å². The van der Waals surface area contributed by atoms with E-state index < -0.39 is 0 Å². The molecule has 1 nitrogen and oxygen atoms in total. The summed E-state index contributed by atoms with van der Waals surface area (Å²) in [5.74, 6) is 2.28. The number of alkyl halides is 1. The Hall–Kier alpha value is -0.690. The van der Waals surface area contributed by atoms with E-state index in [-0.39, 0.29) is 0 Å². The number of hydrogen-bond donors (Lipinski definition) is 0. The summed E-state index contributed by atoms with van der Waals surface area (Å²) in [6.45, 7) is 2.07. The molecule has 2 rings (SSSR count). The summed E-state index contributed by atoms with van der Waals surface area (Å²) in [4.78, 5) is 0. The summed E-state index contributed by atoms with van der Waals surface area (Å²) in [6, 6.07) is 2.00. The van der Waals surface area contributed by atoms with Crippen LogP contribution in [0.25, 0.3) is 6.08 Å². The van der Waals surface area contributed by atoms with Gasteiger partial charge in [0.25, 0.3) is 0 Å². The Morgan fingerprint density at radius 3 is 2.75 bits per heavy atom. The average Bonchev–Trinajstić information content (AvgIpc) is 2.73. The molecule has 1 saturated carbocycles. The maximum atomic E-state index is 6.06. The predicted octanol–water partition coefficient (Wildman–Crippen LogP) is 4.79. The first kappa shape index (κ1) is 11.8. The quantitative estimate of drug-likeness (QED) is 0.690. The second kappa shape index (κ2) is 5.58. The van der Waals surface area contributed by atoms with Gasteiger partial charge >= 0.3 is 0 Å². The minimum atomic E-state index is 0.630. The molecule has 0 radical (unpaired) electrons. The molecule has 88 valence electrons. The molecule has 0 unspecified atom stereocenters. The molecule has 2 heteroatoms. The fourth-order valence-electron chi connectivity index (χ4n) is 2.44. The number of hydrogen-bond acceptors (Lipinski definition) is 1. The molecule has 1 heterocycles. The van der Waals surface area contributed by atoms with Gasteiger partial charge in [0.1, 0.15) is 5.76 Å². The summed E-state index contributed by atoms with van der Waals surface area (Å²) in [6.07, 6.45) is 10.5. The molecule has 0 aliphatic heterocycles. The molecular weight excluding hydrogens is 220 g/mol. The molecule has 0 bridgehead atoms. The lowest BCUT2D eigenvalue weighted by Crippen LogP contribution is -2.10. The molecule has 0 N–H and O–H groups in total. The molecule has 1 aromatic rings. The Morgan fingerprint density at radius 2 is 2.19 bits per heavy atom. The van der Waals surface area contributed by atoms with Crippen LogP contribution in [0.2, 0.25) is 0 Å². The summed E-state index contributed by atoms with van der Waals surface area (Å²) in [5, 5.41) is 0. The SMILES string of the molecule is Cc1ccoc1/C=C(/CCl)C1CCCCC1. The van der Waals surface area contributed by atoms with Crippen LogP contribution in [0.5, 0.6) is 0 Å². The van der Waals surface area contributed by atoms with Gasteiger partial charge in [0.05, 0.1) is 6.26 Å². The van der Waals surface area contributed by atoms with Crippen LogP contribution in [-0.2, 0) is 0 Å². The van der Waals surface area contributed by atoms with Crippen LogP contribution in [0.1, 0.15) is 43.4 Å². The van der Waals surface area contributed by atoms with Gasteiger partial charge in [-0.15, -0.1) is 11.6 Å². The fourth-order valence-corrected chi connectivity index (χ4v) is 2.73. The van der Waals surface area contributed by atoms with E-state index in [0.29, 0.717) is 11.8 Å². The number of furan rings is 1. The van der Waals surface area contributed by atoms with Crippen molar-refractivity contribution in [1.29, 1.82) is 0 Å². The Balaban J connectivity index is 2.14. The van der Waals surface area contributed by atoms with E-state index in [1.165, 1.54) is 43.2 Å². The van der Waals surface area contributed by atoms with Gasteiger partial charge in [0.15, 0.2) is 0 Å². The number of allylic oxidation sites excluding steroid dienone is 1. The molecule has 0 spiro atoms. The first-order valence-electron chi connectivity index (χ1n) is 6.12. The minimum Gasteiger partial charge on any atom is -0.465 e. The second-order valence-corrected chi connectivity index (χ2v) is 4.92. The van der Waals surface area contributed by atoms with Crippen LogP contribution in [0.4, 0.5) is 0 Å². The van der Waals surface area contributed by atoms with Crippen molar-refractivity contribution in [3.05, 3.63) is 29.2 Å². The lowest BCUT2D eigenvalue weighted by atomic mass is 9.84. The zero-order valence-electron chi connectivity index (χ0n) is 9.84. The van der Waals surface area contributed by atoms with Crippen molar-refractivity contribution in [2.45, 2.75) is 39.0 Å². The van der Waals surface area contributed by atoms with Crippen LogP contribution in [-0.4, -0.2) is 5.88 Å². The molecule has 1 fully saturated rings. The van der Waals surface area contributed by atoms with Crippen LogP contribution in [0, 0.1) is 12.8 Å². The third kappa shape index (κ3) is 2.70. The van der Waals surface area contributed by atoms with E-state index >= 15 is 0 Å². The molecule has 1 aliphatic rings. The first-order chi connectivity index (χ1) is 7.81. The van der Waals surface area contributed by atoms with Crippen molar-refractivity contribution in [2.24, 2.45) is 5.92 Å². The maximum Gasteiger partial charge on any atom is 0.129 e. The van der Waals surface area contributed by atoms with Crippen molar-refractivity contribution < 1.29 is 4.42 Å². The lowest BCUT2D eigenvalue weighted by Gasteiger charge is -2.23. The van der Waals surface area contributed by atoms with Crippen LogP contribution < -0.4 is 0 Å².